The highest BCUT2D eigenvalue weighted by molar-refractivity contribution is 6.04. The van der Waals surface area contributed by atoms with Crippen LogP contribution in [-0.4, -0.2) is 29.7 Å². The van der Waals surface area contributed by atoms with Crippen LogP contribution in [0.25, 0.3) is 0 Å². The lowest BCUT2D eigenvalue weighted by Gasteiger charge is -2.51. The summed E-state index contributed by atoms with van der Waals surface area (Å²) in [7, 11) is 0. The fourth-order valence-electron chi connectivity index (χ4n) is 4.00. The van der Waals surface area contributed by atoms with E-state index >= 15 is 0 Å². The molecule has 0 radical (unpaired) electrons. The minimum Gasteiger partial charge on any atom is -0.343 e. The van der Waals surface area contributed by atoms with E-state index in [1.807, 2.05) is 18.7 Å². The highest BCUT2D eigenvalue weighted by atomic mass is 16.2. The number of hydrogen-bond donors (Lipinski definition) is 0. The van der Waals surface area contributed by atoms with Crippen molar-refractivity contribution in [2.24, 2.45) is 23.2 Å². The van der Waals surface area contributed by atoms with Crippen molar-refractivity contribution in [3.05, 3.63) is 0 Å². The summed E-state index contributed by atoms with van der Waals surface area (Å²) in [5, 5.41) is 0. The van der Waals surface area contributed by atoms with Gasteiger partial charge in [0.1, 0.15) is 11.7 Å². The molecule has 0 saturated heterocycles. The van der Waals surface area contributed by atoms with Crippen LogP contribution in [0.1, 0.15) is 47.0 Å². The van der Waals surface area contributed by atoms with Gasteiger partial charge in [-0.15, -0.1) is 0 Å². The molecule has 2 bridgehead atoms. The second-order valence-corrected chi connectivity index (χ2v) is 6.46. The second kappa shape index (κ2) is 4.67. The molecule has 0 heterocycles. The van der Waals surface area contributed by atoms with Crippen LogP contribution in [0.2, 0.25) is 0 Å². The average Bonchev–Trinajstić information content (AvgIpc) is 2.31. The van der Waals surface area contributed by atoms with Crippen LogP contribution in [0.3, 0.4) is 0 Å². The van der Waals surface area contributed by atoms with Crippen molar-refractivity contribution in [3.63, 3.8) is 0 Å². The lowest BCUT2D eigenvalue weighted by molar-refractivity contribution is -0.158. The Morgan fingerprint density at radius 3 is 2.39 bits per heavy atom. The van der Waals surface area contributed by atoms with Gasteiger partial charge in [0.2, 0.25) is 5.91 Å². The smallest absolute Gasteiger partial charge is 0.233 e. The maximum absolute atomic E-state index is 12.6. The Kier molecular flexibility index (Phi) is 3.52. The quantitative estimate of drug-likeness (QED) is 0.723. The first-order valence-corrected chi connectivity index (χ1v) is 7.24. The molecule has 0 aromatic carbocycles. The molecule has 0 aliphatic heterocycles. The van der Waals surface area contributed by atoms with E-state index in [2.05, 4.69) is 13.8 Å². The molecule has 0 aromatic rings. The number of ketones is 1. The molecule has 3 aliphatic rings. The molecule has 102 valence electrons. The molecule has 0 aromatic heterocycles. The highest BCUT2D eigenvalue weighted by Gasteiger charge is 2.54. The summed E-state index contributed by atoms with van der Waals surface area (Å²) in [5.41, 5.74) is 0.143. The van der Waals surface area contributed by atoms with Gasteiger partial charge < -0.3 is 4.90 Å². The first-order chi connectivity index (χ1) is 8.42. The van der Waals surface area contributed by atoms with Gasteiger partial charge in [-0.2, -0.15) is 0 Å². The van der Waals surface area contributed by atoms with Crippen LogP contribution in [-0.2, 0) is 9.59 Å². The van der Waals surface area contributed by atoms with Gasteiger partial charge in [0.25, 0.3) is 0 Å². The van der Waals surface area contributed by atoms with Crippen molar-refractivity contribution < 1.29 is 9.59 Å². The number of hydrogen-bond acceptors (Lipinski definition) is 2. The predicted molar refractivity (Wildman–Crippen MR) is 71.0 cm³/mol. The molecule has 3 rings (SSSR count). The van der Waals surface area contributed by atoms with Gasteiger partial charge in [0, 0.05) is 19.0 Å². The molecular formula is C15H25NO2. The fraction of sp³-hybridized carbons (Fsp3) is 0.867. The van der Waals surface area contributed by atoms with Gasteiger partial charge in [-0.25, -0.2) is 0 Å². The molecule has 0 N–H and O–H groups in total. The molecule has 3 fully saturated rings. The van der Waals surface area contributed by atoms with Crippen molar-refractivity contribution in [1.82, 2.24) is 4.90 Å². The van der Waals surface area contributed by atoms with Crippen molar-refractivity contribution in [2.75, 3.05) is 13.1 Å². The van der Waals surface area contributed by atoms with Gasteiger partial charge in [-0.05, 0) is 44.4 Å². The number of rotatable bonds is 3. The predicted octanol–water partition coefficient (Wildman–Crippen LogP) is 2.50. The Balaban J connectivity index is 2.26. The van der Waals surface area contributed by atoms with E-state index in [1.165, 1.54) is 0 Å². The van der Waals surface area contributed by atoms with Gasteiger partial charge >= 0.3 is 0 Å². The Morgan fingerprint density at radius 2 is 1.89 bits per heavy atom. The summed E-state index contributed by atoms with van der Waals surface area (Å²) in [5.74, 6) is 0.333. The summed E-state index contributed by atoms with van der Waals surface area (Å²) in [6, 6.07) is 0. The van der Waals surface area contributed by atoms with E-state index < -0.39 is 0 Å². The van der Waals surface area contributed by atoms with Gasteiger partial charge in [-0.1, -0.05) is 13.8 Å². The fourth-order valence-corrected chi connectivity index (χ4v) is 4.00. The zero-order chi connectivity index (χ0) is 13.5. The minimum absolute atomic E-state index is 0.0764. The molecule has 3 heteroatoms. The number of fused-ring (bicyclic) bond motifs is 3. The van der Waals surface area contributed by atoms with E-state index in [1.54, 1.807) is 0 Å². The van der Waals surface area contributed by atoms with E-state index in [0.29, 0.717) is 13.1 Å². The van der Waals surface area contributed by atoms with Crippen molar-refractivity contribution in [1.29, 1.82) is 0 Å². The molecule has 3 atom stereocenters. The number of amides is 1. The minimum atomic E-state index is -0.354. The summed E-state index contributed by atoms with van der Waals surface area (Å²) < 4.78 is 0. The topological polar surface area (TPSA) is 37.4 Å². The molecule has 3 nitrogen and oxygen atoms in total. The summed E-state index contributed by atoms with van der Waals surface area (Å²) >= 11 is 0. The summed E-state index contributed by atoms with van der Waals surface area (Å²) in [6.07, 6.45) is 3.01. The molecule has 0 unspecified atom stereocenters. The lowest BCUT2D eigenvalue weighted by atomic mass is 9.52. The average molecular weight is 251 g/mol. The zero-order valence-electron chi connectivity index (χ0n) is 12.0. The Hall–Kier alpha value is -0.860. The normalized spacial score (nSPS) is 33.6. The van der Waals surface area contributed by atoms with Crippen molar-refractivity contribution >= 4 is 11.7 Å². The highest BCUT2D eigenvalue weighted by Crippen LogP contribution is 2.53. The molecular weight excluding hydrogens is 226 g/mol. The Morgan fingerprint density at radius 1 is 1.28 bits per heavy atom. The monoisotopic (exact) mass is 251 g/mol. The summed E-state index contributed by atoms with van der Waals surface area (Å²) in [4.78, 5) is 26.8. The molecule has 3 aliphatic carbocycles. The standard InChI is InChI=1S/C15H25NO2/c1-5-16(6-2)14(18)12-11-8-7-10(13(12)17)9-15(11,3)4/h10-12H,5-9H2,1-4H3/t10-,11-,12+/m1/s1. The Labute approximate surface area is 110 Å². The SMILES string of the molecule is CCN(CC)C(=O)[C@@H]1C(=O)[C@@H]2CC[C@H]1C(C)(C)C2. The third-order valence-corrected chi connectivity index (χ3v) is 5.05. The largest absolute Gasteiger partial charge is 0.343 e. The van der Waals surface area contributed by atoms with Crippen LogP contribution >= 0.6 is 0 Å². The second-order valence-electron chi connectivity index (χ2n) is 6.46. The van der Waals surface area contributed by atoms with E-state index in [-0.39, 0.29) is 34.9 Å². The lowest BCUT2D eigenvalue weighted by Crippen LogP contribution is -2.55. The molecule has 0 spiro atoms. The van der Waals surface area contributed by atoms with Crippen LogP contribution < -0.4 is 0 Å². The first kappa shape index (κ1) is 13.6. The first-order valence-electron chi connectivity index (χ1n) is 7.24. The zero-order valence-corrected chi connectivity index (χ0v) is 12.0. The number of carbonyl (C=O) groups is 2. The molecule has 18 heavy (non-hydrogen) atoms. The number of Topliss-reactive ketones (excluding diaryl/α,β-unsaturated/α-hetero) is 1. The Bertz CT molecular complexity index is 358. The number of carbonyl (C=O) groups excluding carboxylic acids is 2. The van der Waals surface area contributed by atoms with E-state index in [4.69, 9.17) is 0 Å². The van der Waals surface area contributed by atoms with Crippen molar-refractivity contribution in [2.45, 2.75) is 47.0 Å². The van der Waals surface area contributed by atoms with Crippen LogP contribution in [0.15, 0.2) is 0 Å². The molecule has 3 saturated carbocycles. The third-order valence-electron chi connectivity index (χ3n) is 5.05. The van der Waals surface area contributed by atoms with Crippen LogP contribution in [0.4, 0.5) is 0 Å². The van der Waals surface area contributed by atoms with Crippen LogP contribution in [0.5, 0.6) is 0 Å². The van der Waals surface area contributed by atoms with Crippen molar-refractivity contribution in [3.8, 4) is 0 Å². The van der Waals surface area contributed by atoms with Gasteiger partial charge in [0.15, 0.2) is 0 Å². The van der Waals surface area contributed by atoms with Crippen LogP contribution in [0, 0.1) is 23.2 Å². The van der Waals surface area contributed by atoms with E-state index in [9.17, 15) is 9.59 Å². The number of nitrogens with zero attached hydrogens (tertiary/aromatic N) is 1. The maximum Gasteiger partial charge on any atom is 0.233 e. The third kappa shape index (κ3) is 1.98. The molecule has 1 amide bonds. The maximum atomic E-state index is 12.6. The van der Waals surface area contributed by atoms with Gasteiger partial charge in [-0.3, -0.25) is 9.59 Å². The van der Waals surface area contributed by atoms with Gasteiger partial charge in [0.05, 0.1) is 0 Å². The van der Waals surface area contributed by atoms with E-state index in [0.717, 1.165) is 19.3 Å². The summed E-state index contributed by atoms with van der Waals surface area (Å²) in [6.45, 7) is 9.82.